The third-order valence-corrected chi connectivity index (χ3v) is 6.92. The van der Waals surface area contributed by atoms with Crippen LogP contribution < -0.4 is 15.6 Å². The monoisotopic (exact) mass is 455 g/mol. The summed E-state index contributed by atoms with van der Waals surface area (Å²) < 4.78 is 29.8. The molecule has 0 fully saturated rings. The van der Waals surface area contributed by atoms with E-state index >= 15 is 0 Å². The van der Waals surface area contributed by atoms with E-state index in [0.717, 1.165) is 16.0 Å². The first-order chi connectivity index (χ1) is 13.4. The first-order valence-corrected chi connectivity index (χ1v) is 11.4. The van der Waals surface area contributed by atoms with E-state index in [1.54, 1.807) is 24.3 Å². The Morgan fingerprint density at radius 3 is 2.24 bits per heavy atom. The molecule has 0 aliphatic carbocycles. The molecule has 7 nitrogen and oxygen atoms in total. The van der Waals surface area contributed by atoms with Crippen LogP contribution in [0.15, 0.2) is 29.2 Å². The van der Waals surface area contributed by atoms with Crippen molar-refractivity contribution in [3.05, 3.63) is 45.8 Å². The number of thiocarbonyl (C=S) groups is 1. The van der Waals surface area contributed by atoms with Crippen molar-refractivity contribution >= 4 is 49.7 Å². The number of carbonyl (C=O) groups is 1. The zero-order chi connectivity index (χ0) is 22.0. The lowest BCUT2D eigenvalue weighted by Crippen LogP contribution is -2.43. The highest BCUT2D eigenvalue weighted by atomic mass is 32.2. The number of hydrogen-bond acceptors (Lipinski definition) is 6. The zero-order valence-corrected chi connectivity index (χ0v) is 19.6. The third kappa shape index (κ3) is 5.53. The van der Waals surface area contributed by atoms with Gasteiger partial charge in [-0.05, 0) is 54.7 Å². The summed E-state index contributed by atoms with van der Waals surface area (Å²) in [4.78, 5) is 15.3. The van der Waals surface area contributed by atoms with E-state index in [9.17, 15) is 13.2 Å². The second-order valence-corrected chi connectivity index (χ2v) is 10.8. The van der Waals surface area contributed by atoms with Crippen molar-refractivity contribution in [3.63, 3.8) is 0 Å². The summed E-state index contributed by atoms with van der Waals surface area (Å²) >= 11 is 6.49. The quantitative estimate of drug-likeness (QED) is 0.360. The normalized spacial score (nSPS) is 11.8. The number of ether oxygens (including phenoxy) is 1. The fourth-order valence-corrected chi connectivity index (χ4v) is 4.69. The fraction of sp³-hybridized carbons (Fsp3) is 0.368. The minimum Gasteiger partial charge on any atom is -0.465 e. The molecule has 0 aliphatic rings. The number of sulfonamides is 1. The van der Waals surface area contributed by atoms with Gasteiger partial charge in [-0.1, -0.05) is 32.9 Å². The van der Waals surface area contributed by atoms with Gasteiger partial charge in [0.1, 0.15) is 5.00 Å². The minimum absolute atomic E-state index is 0.00582. The van der Waals surface area contributed by atoms with Gasteiger partial charge in [-0.15, -0.1) is 16.2 Å². The van der Waals surface area contributed by atoms with Crippen LogP contribution in [0.2, 0.25) is 0 Å². The number of aryl methyl sites for hydroxylation is 1. The molecule has 158 valence electrons. The van der Waals surface area contributed by atoms with Gasteiger partial charge in [-0.2, -0.15) is 0 Å². The molecular weight excluding hydrogens is 430 g/mol. The van der Waals surface area contributed by atoms with E-state index in [2.05, 4.69) is 36.3 Å². The van der Waals surface area contributed by atoms with E-state index in [-0.39, 0.29) is 15.4 Å². The molecule has 0 saturated heterocycles. The predicted molar refractivity (Wildman–Crippen MR) is 120 cm³/mol. The maximum atomic E-state index is 12.5. The molecule has 0 amide bonds. The third-order valence-electron chi connectivity index (χ3n) is 4.33. The Balaban J connectivity index is 2.09. The summed E-state index contributed by atoms with van der Waals surface area (Å²) in [7, 11) is -2.52. The van der Waals surface area contributed by atoms with Gasteiger partial charge < -0.3 is 10.1 Å². The summed E-state index contributed by atoms with van der Waals surface area (Å²) in [6, 6.07) is 6.65. The molecule has 0 atom stereocenters. The predicted octanol–water partition coefficient (Wildman–Crippen LogP) is 3.63. The number of anilines is 1. The molecule has 29 heavy (non-hydrogen) atoms. The zero-order valence-electron chi connectivity index (χ0n) is 17.2. The van der Waals surface area contributed by atoms with Gasteiger partial charge in [0.25, 0.3) is 10.0 Å². The second kappa shape index (κ2) is 8.78. The molecule has 0 unspecified atom stereocenters. The van der Waals surface area contributed by atoms with Crippen LogP contribution in [0.4, 0.5) is 5.00 Å². The summed E-state index contributed by atoms with van der Waals surface area (Å²) in [6.07, 6.45) is 0. The first kappa shape index (κ1) is 23.3. The number of carbonyl (C=O) groups excluding carboxylic acids is 1. The Labute approximate surface area is 180 Å². The molecule has 2 rings (SSSR count). The number of benzene rings is 1. The summed E-state index contributed by atoms with van der Waals surface area (Å²) in [5.41, 5.74) is 4.58. The van der Waals surface area contributed by atoms with Crippen molar-refractivity contribution in [1.82, 2.24) is 10.3 Å². The van der Waals surface area contributed by atoms with E-state index in [0.29, 0.717) is 10.6 Å². The van der Waals surface area contributed by atoms with E-state index in [4.69, 9.17) is 17.0 Å². The summed E-state index contributed by atoms with van der Waals surface area (Å²) in [6.45, 7) is 9.84. The molecule has 1 heterocycles. The number of hydrazine groups is 1. The molecule has 1 aromatic carbocycles. The summed E-state index contributed by atoms with van der Waals surface area (Å²) in [5.74, 6) is -0.489. The number of methoxy groups -OCH3 is 1. The van der Waals surface area contributed by atoms with Gasteiger partial charge in [0.15, 0.2) is 5.11 Å². The summed E-state index contributed by atoms with van der Waals surface area (Å²) in [5, 5.41) is 3.34. The Bertz CT molecular complexity index is 1020. The highest BCUT2D eigenvalue weighted by Crippen LogP contribution is 2.32. The van der Waals surface area contributed by atoms with E-state index < -0.39 is 16.0 Å². The molecule has 10 heteroatoms. The number of hydrogen-bond donors (Lipinski definition) is 3. The van der Waals surface area contributed by atoms with Gasteiger partial charge in [0, 0.05) is 4.88 Å². The lowest BCUT2D eigenvalue weighted by atomic mass is 9.87. The Hall–Kier alpha value is -2.01. The molecule has 0 radical (unpaired) electrons. The Morgan fingerprint density at radius 2 is 1.72 bits per heavy atom. The molecular formula is C19H25N3O4S3. The van der Waals surface area contributed by atoms with Crippen LogP contribution in [-0.4, -0.2) is 26.6 Å². The number of rotatable bonds is 5. The number of nitrogens with one attached hydrogen (secondary N) is 3. The average Bonchev–Trinajstić information content (AvgIpc) is 2.92. The van der Waals surface area contributed by atoms with Crippen molar-refractivity contribution in [2.24, 2.45) is 0 Å². The SMILES string of the molecule is COC(=O)c1c(NC(=S)NNS(=O)(=O)c2ccc(C(C)(C)C)cc2)sc(C)c1C. The van der Waals surface area contributed by atoms with Crippen LogP contribution in [0, 0.1) is 13.8 Å². The molecule has 0 aliphatic heterocycles. The number of thiophene rings is 1. The van der Waals surface area contributed by atoms with Crippen LogP contribution in [0.1, 0.15) is 47.1 Å². The highest BCUT2D eigenvalue weighted by molar-refractivity contribution is 7.89. The van der Waals surface area contributed by atoms with Crippen LogP contribution in [0.5, 0.6) is 0 Å². The van der Waals surface area contributed by atoms with Crippen molar-refractivity contribution in [2.75, 3.05) is 12.4 Å². The van der Waals surface area contributed by atoms with Crippen LogP contribution in [0.3, 0.4) is 0 Å². The van der Waals surface area contributed by atoms with Gasteiger partial charge in [0.05, 0.1) is 17.6 Å². The molecule has 2 aromatic rings. The maximum absolute atomic E-state index is 12.5. The standard InChI is InChI=1S/C19H25N3O4S3/c1-11-12(2)28-16(15(11)17(23)26-6)20-18(27)21-22-29(24,25)14-9-7-13(8-10-14)19(3,4)5/h7-10,22H,1-6H3,(H2,20,21,27). The topological polar surface area (TPSA) is 96.5 Å². The molecule has 1 aromatic heterocycles. The highest BCUT2D eigenvalue weighted by Gasteiger charge is 2.22. The van der Waals surface area contributed by atoms with Crippen molar-refractivity contribution in [3.8, 4) is 0 Å². The molecule has 0 saturated carbocycles. The Morgan fingerprint density at radius 1 is 1.14 bits per heavy atom. The van der Waals surface area contributed by atoms with Gasteiger partial charge >= 0.3 is 5.97 Å². The lowest BCUT2D eigenvalue weighted by Gasteiger charge is -2.19. The van der Waals surface area contributed by atoms with Crippen LogP contribution in [-0.2, 0) is 20.2 Å². The van der Waals surface area contributed by atoms with Crippen molar-refractivity contribution < 1.29 is 17.9 Å². The average molecular weight is 456 g/mol. The maximum Gasteiger partial charge on any atom is 0.341 e. The van der Waals surface area contributed by atoms with E-state index in [1.807, 2.05) is 13.8 Å². The van der Waals surface area contributed by atoms with Crippen LogP contribution >= 0.6 is 23.6 Å². The lowest BCUT2D eigenvalue weighted by molar-refractivity contribution is 0.0601. The van der Waals surface area contributed by atoms with Crippen molar-refractivity contribution in [1.29, 1.82) is 0 Å². The van der Waals surface area contributed by atoms with Gasteiger partial charge in [-0.3, -0.25) is 5.43 Å². The van der Waals surface area contributed by atoms with Crippen molar-refractivity contribution in [2.45, 2.75) is 44.9 Å². The van der Waals surface area contributed by atoms with Gasteiger partial charge in [0.2, 0.25) is 0 Å². The largest absolute Gasteiger partial charge is 0.465 e. The van der Waals surface area contributed by atoms with Crippen LogP contribution in [0.25, 0.3) is 0 Å². The Kier molecular flexibility index (Phi) is 7.05. The molecule has 0 bridgehead atoms. The van der Waals surface area contributed by atoms with Gasteiger partial charge in [-0.25, -0.2) is 13.2 Å². The molecule has 3 N–H and O–H groups in total. The smallest absolute Gasteiger partial charge is 0.341 e. The number of esters is 1. The minimum atomic E-state index is -3.82. The first-order valence-electron chi connectivity index (χ1n) is 8.74. The fourth-order valence-electron chi connectivity index (χ4n) is 2.50. The van der Waals surface area contributed by atoms with E-state index in [1.165, 1.54) is 18.4 Å². The second-order valence-electron chi connectivity index (χ2n) is 7.44. The molecule has 0 spiro atoms.